The van der Waals surface area contributed by atoms with Gasteiger partial charge in [-0.1, -0.05) is 0 Å². The molecule has 1 aromatic rings. The first-order valence-electron chi connectivity index (χ1n) is 6.32. The van der Waals surface area contributed by atoms with Gasteiger partial charge in [0.25, 0.3) is 5.69 Å². The standard InChI is InChI=1S/C14H22N2O3/c1-10-8-12(6-7-13(10)16(17)18)15-11(2)9-14(3,4)19-5/h6-8,11,15H,9H2,1-5H3. The number of ether oxygens (including phenoxy) is 1. The van der Waals surface area contributed by atoms with E-state index in [0.717, 1.165) is 12.1 Å². The highest BCUT2D eigenvalue weighted by atomic mass is 16.6. The summed E-state index contributed by atoms with van der Waals surface area (Å²) in [4.78, 5) is 10.4. The number of nitrogens with one attached hydrogen (secondary N) is 1. The van der Waals surface area contributed by atoms with Gasteiger partial charge >= 0.3 is 0 Å². The van der Waals surface area contributed by atoms with Crippen molar-refractivity contribution in [1.29, 1.82) is 0 Å². The maximum atomic E-state index is 10.8. The van der Waals surface area contributed by atoms with E-state index in [-0.39, 0.29) is 22.3 Å². The Kier molecular flexibility index (Phi) is 4.89. The second kappa shape index (κ2) is 6.02. The van der Waals surface area contributed by atoms with Crippen LogP contribution in [0.15, 0.2) is 18.2 Å². The number of hydrogen-bond donors (Lipinski definition) is 1. The van der Waals surface area contributed by atoms with Gasteiger partial charge in [-0.2, -0.15) is 0 Å². The summed E-state index contributed by atoms with van der Waals surface area (Å²) in [7, 11) is 1.70. The van der Waals surface area contributed by atoms with Crippen molar-refractivity contribution in [2.24, 2.45) is 0 Å². The average molecular weight is 266 g/mol. The Labute approximate surface area is 114 Å². The molecule has 19 heavy (non-hydrogen) atoms. The molecule has 0 radical (unpaired) electrons. The molecule has 0 bridgehead atoms. The van der Waals surface area contributed by atoms with Crippen molar-refractivity contribution < 1.29 is 9.66 Å². The molecule has 1 N–H and O–H groups in total. The molecule has 0 heterocycles. The smallest absolute Gasteiger partial charge is 0.272 e. The number of nitro benzene ring substituents is 1. The summed E-state index contributed by atoms with van der Waals surface area (Å²) in [5.41, 5.74) is 1.51. The van der Waals surface area contributed by atoms with Crippen molar-refractivity contribution in [3.8, 4) is 0 Å². The van der Waals surface area contributed by atoms with Crippen molar-refractivity contribution in [2.75, 3.05) is 12.4 Å². The minimum atomic E-state index is -0.365. The predicted molar refractivity (Wildman–Crippen MR) is 76.6 cm³/mol. The zero-order chi connectivity index (χ0) is 14.6. The Hall–Kier alpha value is -1.62. The summed E-state index contributed by atoms with van der Waals surface area (Å²) < 4.78 is 5.39. The first kappa shape index (κ1) is 15.4. The SMILES string of the molecule is COC(C)(C)CC(C)Nc1ccc([N+](=O)[O-])c(C)c1. The molecule has 5 heteroatoms. The van der Waals surface area contributed by atoms with Crippen LogP contribution in [0.3, 0.4) is 0 Å². The van der Waals surface area contributed by atoms with Crippen LogP contribution in [0.1, 0.15) is 32.8 Å². The third-order valence-electron chi connectivity index (χ3n) is 3.16. The average Bonchev–Trinajstić information content (AvgIpc) is 2.27. The molecule has 0 aliphatic heterocycles. The van der Waals surface area contributed by atoms with Crippen LogP contribution in [0, 0.1) is 17.0 Å². The maximum absolute atomic E-state index is 10.8. The Bertz CT molecular complexity index is 458. The van der Waals surface area contributed by atoms with E-state index in [2.05, 4.69) is 12.2 Å². The van der Waals surface area contributed by atoms with Crippen LogP contribution in [0.2, 0.25) is 0 Å². The lowest BCUT2D eigenvalue weighted by atomic mass is 9.99. The van der Waals surface area contributed by atoms with Crippen molar-refractivity contribution in [1.82, 2.24) is 0 Å². The summed E-state index contributed by atoms with van der Waals surface area (Å²) in [5.74, 6) is 0. The highest BCUT2D eigenvalue weighted by Crippen LogP contribution is 2.23. The predicted octanol–water partition coefficient (Wildman–Crippen LogP) is 3.52. The van der Waals surface area contributed by atoms with E-state index in [1.54, 1.807) is 26.2 Å². The van der Waals surface area contributed by atoms with Crippen LogP contribution in [-0.2, 0) is 4.74 Å². The van der Waals surface area contributed by atoms with E-state index in [4.69, 9.17) is 4.74 Å². The second-order valence-corrected chi connectivity index (χ2v) is 5.47. The minimum Gasteiger partial charge on any atom is -0.382 e. The van der Waals surface area contributed by atoms with Crippen molar-refractivity contribution in [3.63, 3.8) is 0 Å². The van der Waals surface area contributed by atoms with E-state index < -0.39 is 0 Å². The summed E-state index contributed by atoms with van der Waals surface area (Å²) in [6, 6.07) is 5.29. The third-order valence-corrected chi connectivity index (χ3v) is 3.16. The molecule has 0 aliphatic rings. The van der Waals surface area contributed by atoms with Gasteiger partial charge in [-0.25, -0.2) is 0 Å². The normalized spacial score (nSPS) is 13.1. The highest BCUT2D eigenvalue weighted by Gasteiger charge is 2.20. The lowest BCUT2D eigenvalue weighted by molar-refractivity contribution is -0.385. The van der Waals surface area contributed by atoms with Gasteiger partial charge in [0.05, 0.1) is 10.5 Å². The molecule has 5 nitrogen and oxygen atoms in total. The van der Waals surface area contributed by atoms with Gasteiger partial charge in [-0.3, -0.25) is 10.1 Å². The zero-order valence-electron chi connectivity index (χ0n) is 12.2. The largest absolute Gasteiger partial charge is 0.382 e. The Morgan fingerprint density at radius 1 is 1.47 bits per heavy atom. The molecule has 106 valence electrons. The van der Waals surface area contributed by atoms with E-state index in [9.17, 15) is 10.1 Å². The van der Waals surface area contributed by atoms with Gasteiger partial charge in [-0.05, 0) is 46.2 Å². The van der Waals surface area contributed by atoms with Gasteiger partial charge in [0, 0.05) is 30.5 Å². The highest BCUT2D eigenvalue weighted by molar-refractivity contribution is 5.53. The number of benzene rings is 1. The first-order chi connectivity index (χ1) is 8.75. The molecular weight excluding hydrogens is 244 g/mol. The molecule has 1 atom stereocenters. The Morgan fingerprint density at radius 3 is 2.58 bits per heavy atom. The van der Waals surface area contributed by atoms with E-state index >= 15 is 0 Å². The monoisotopic (exact) mass is 266 g/mol. The van der Waals surface area contributed by atoms with Gasteiger partial charge < -0.3 is 10.1 Å². The summed E-state index contributed by atoms with van der Waals surface area (Å²) >= 11 is 0. The Morgan fingerprint density at radius 2 is 2.11 bits per heavy atom. The van der Waals surface area contributed by atoms with Crippen LogP contribution in [0.5, 0.6) is 0 Å². The number of rotatable bonds is 6. The van der Waals surface area contributed by atoms with Gasteiger partial charge in [0.15, 0.2) is 0 Å². The number of aryl methyl sites for hydroxylation is 1. The molecule has 0 spiro atoms. The molecule has 0 saturated carbocycles. The lowest BCUT2D eigenvalue weighted by Gasteiger charge is -2.27. The molecule has 0 aliphatic carbocycles. The fourth-order valence-electron chi connectivity index (χ4n) is 2.11. The summed E-state index contributed by atoms with van der Waals surface area (Å²) in [6.45, 7) is 7.88. The van der Waals surface area contributed by atoms with Crippen molar-refractivity contribution in [2.45, 2.75) is 45.8 Å². The molecule has 0 aromatic heterocycles. The van der Waals surface area contributed by atoms with Crippen LogP contribution in [0.25, 0.3) is 0 Å². The lowest BCUT2D eigenvalue weighted by Crippen LogP contribution is -2.31. The van der Waals surface area contributed by atoms with Crippen LogP contribution in [-0.4, -0.2) is 23.7 Å². The minimum absolute atomic E-state index is 0.149. The number of anilines is 1. The van der Waals surface area contributed by atoms with E-state index in [0.29, 0.717) is 5.56 Å². The quantitative estimate of drug-likeness (QED) is 0.632. The molecule has 1 rings (SSSR count). The first-order valence-corrected chi connectivity index (χ1v) is 6.32. The second-order valence-electron chi connectivity index (χ2n) is 5.47. The van der Waals surface area contributed by atoms with Crippen LogP contribution in [0.4, 0.5) is 11.4 Å². The van der Waals surface area contributed by atoms with Crippen LogP contribution < -0.4 is 5.32 Å². The number of methoxy groups -OCH3 is 1. The van der Waals surface area contributed by atoms with E-state index in [1.807, 2.05) is 13.8 Å². The Balaban J connectivity index is 2.73. The van der Waals surface area contributed by atoms with Gasteiger partial charge in [0.2, 0.25) is 0 Å². The van der Waals surface area contributed by atoms with E-state index in [1.165, 1.54) is 6.07 Å². The molecule has 0 amide bonds. The van der Waals surface area contributed by atoms with Gasteiger partial charge in [0.1, 0.15) is 0 Å². The fraction of sp³-hybridized carbons (Fsp3) is 0.571. The number of hydrogen-bond acceptors (Lipinski definition) is 4. The number of nitrogens with zero attached hydrogens (tertiary/aromatic N) is 1. The zero-order valence-corrected chi connectivity index (χ0v) is 12.2. The fourth-order valence-corrected chi connectivity index (χ4v) is 2.11. The van der Waals surface area contributed by atoms with Crippen molar-refractivity contribution >= 4 is 11.4 Å². The topological polar surface area (TPSA) is 64.4 Å². The molecule has 0 saturated heterocycles. The third kappa shape index (κ3) is 4.52. The van der Waals surface area contributed by atoms with Crippen molar-refractivity contribution in [3.05, 3.63) is 33.9 Å². The molecule has 0 fully saturated rings. The molecule has 1 aromatic carbocycles. The summed E-state index contributed by atoms with van der Waals surface area (Å²) in [6.07, 6.45) is 0.847. The van der Waals surface area contributed by atoms with Gasteiger partial charge in [-0.15, -0.1) is 0 Å². The number of nitro groups is 1. The maximum Gasteiger partial charge on any atom is 0.272 e. The molecular formula is C14H22N2O3. The molecule has 1 unspecified atom stereocenters. The summed E-state index contributed by atoms with van der Waals surface area (Å²) in [5, 5.41) is 14.1. The van der Waals surface area contributed by atoms with Crippen LogP contribution >= 0.6 is 0 Å².